The summed E-state index contributed by atoms with van der Waals surface area (Å²) in [6.07, 6.45) is 0.199. The Bertz CT molecular complexity index is 392. The molecule has 1 aromatic carbocycles. The quantitative estimate of drug-likeness (QED) is 0.726. The van der Waals surface area contributed by atoms with E-state index in [0.717, 1.165) is 5.56 Å². The fraction of sp³-hybridized carbons (Fsp3) is 0.417. The lowest BCUT2D eigenvalue weighted by atomic mass is 10.1. The normalized spacial score (nSPS) is 9.88. The lowest BCUT2D eigenvalue weighted by Gasteiger charge is -2.15. The van der Waals surface area contributed by atoms with Gasteiger partial charge in [0.05, 0.1) is 27.8 Å². The van der Waals surface area contributed by atoms with E-state index < -0.39 is 0 Å². The van der Waals surface area contributed by atoms with Crippen molar-refractivity contribution in [3.63, 3.8) is 0 Å². The number of rotatable bonds is 5. The molecule has 0 saturated heterocycles. The third-order valence-corrected chi connectivity index (χ3v) is 2.45. The van der Waals surface area contributed by atoms with Gasteiger partial charge in [0.25, 0.3) is 0 Å². The maximum Gasteiger partial charge on any atom is 0.250 e. The smallest absolute Gasteiger partial charge is 0.250 e. The second kappa shape index (κ2) is 6.10. The summed E-state index contributed by atoms with van der Waals surface area (Å²) in [6.45, 7) is 0. The third-order valence-electron chi connectivity index (χ3n) is 2.45. The molecule has 0 spiro atoms. The van der Waals surface area contributed by atoms with Crippen LogP contribution in [0.15, 0.2) is 18.2 Å². The largest absolute Gasteiger partial charge is 0.497 e. The minimum Gasteiger partial charge on any atom is -0.497 e. The van der Waals surface area contributed by atoms with E-state index in [1.807, 2.05) is 0 Å². The lowest BCUT2D eigenvalue weighted by Crippen LogP contribution is -2.27. The number of benzene rings is 1. The van der Waals surface area contributed by atoms with Gasteiger partial charge < -0.3 is 9.47 Å². The number of hydroxylamine groups is 2. The van der Waals surface area contributed by atoms with Crippen LogP contribution in [0.1, 0.15) is 5.56 Å². The molecular weight excluding hydrogens is 222 g/mol. The zero-order chi connectivity index (χ0) is 12.8. The van der Waals surface area contributed by atoms with E-state index in [1.165, 1.54) is 12.2 Å². The fourth-order valence-corrected chi connectivity index (χ4v) is 1.40. The summed E-state index contributed by atoms with van der Waals surface area (Å²) in [5.41, 5.74) is 0.765. The van der Waals surface area contributed by atoms with Crippen molar-refractivity contribution >= 4 is 5.91 Å². The van der Waals surface area contributed by atoms with Crippen molar-refractivity contribution in [1.29, 1.82) is 0 Å². The highest BCUT2D eigenvalue weighted by atomic mass is 16.7. The highest BCUT2D eigenvalue weighted by Gasteiger charge is 2.13. The number of hydrogen-bond acceptors (Lipinski definition) is 4. The molecule has 0 atom stereocenters. The maximum absolute atomic E-state index is 11.7. The average Bonchev–Trinajstić information content (AvgIpc) is 2.37. The molecule has 94 valence electrons. The van der Waals surface area contributed by atoms with Crippen LogP contribution < -0.4 is 9.47 Å². The predicted molar refractivity (Wildman–Crippen MR) is 63.0 cm³/mol. The Morgan fingerprint density at radius 2 is 1.94 bits per heavy atom. The molecule has 1 amide bonds. The van der Waals surface area contributed by atoms with Gasteiger partial charge in [-0.3, -0.25) is 9.63 Å². The molecule has 1 rings (SSSR count). The topological polar surface area (TPSA) is 48.0 Å². The molecule has 0 bridgehead atoms. The fourth-order valence-electron chi connectivity index (χ4n) is 1.40. The number of hydrogen-bond donors (Lipinski definition) is 0. The summed E-state index contributed by atoms with van der Waals surface area (Å²) in [4.78, 5) is 16.5. The van der Waals surface area contributed by atoms with Crippen LogP contribution in [-0.2, 0) is 16.1 Å². The van der Waals surface area contributed by atoms with Gasteiger partial charge in [-0.1, -0.05) is 0 Å². The number of ether oxygens (including phenoxy) is 2. The summed E-state index contributed by atoms with van der Waals surface area (Å²) >= 11 is 0. The molecule has 17 heavy (non-hydrogen) atoms. The molecule has 0 aromatic heterocycles. The SMILES string of the molecule is COc1ccc(OC)c(CC(=O)N(C)OC)c1. The standard InChI is InChI=1S/C12H17NO4/c1-13(17-4)12(14)8-9-7-10(15-2)5-6-11(9)16-3/h5-7H,8H2,1-4H3. The zero-order valence-corrected chi connectivity index (χ0v) is 10.5. The van der Waals surface area contributed by atoms with Crippen LogP contribution in [-0.4, -0.2) is 39.3 Å². The molecule has 0 heterocycles. The van der Waals surface area contributed by atoms with Crippen molar-refractivity contribution < 1.29 is 19.1 Å². The number of nitrogens with zero attached hydrogens (tertiary/aromatic N) is 1. The Morgan fingerprint density at radius 1 is 1.24 bits per heavy atom. The van der Waals surface area contributed by atoms with Crippen molar-refractivity contribution in [1.82, 2.24) is 5.06 Å². The molecule has 0 N–H and O–H groups in total. The molecule has 0 radical (unpaired) electrons. The second-order valence-corrected chi connectivity index (χ2v) is 3.43. The molecule has 5 nitrogen and oxygen atoms in total. The first-order chi connectivity index (χ1) is 8.12. The van der Waals surface area contributed by atoms with Gasteiger partial charge in [-0.25, -0.2) is 5.06 Å². The van der Waals surface area contributed by atoms with E-state index in [0.29, 0.717) is 11.5 Å². The van der Waals surface area contributed by atoms with Gasteiger partial charge in [-0.05, 0) is 18.2 Å². The summed E-state index contributed by atoms with van der Waals surface area (Å²) in [5.74, 6) is 1.19. The third kappa shape index (κ3) is 3.35. The van der Waals surface area contributed by atoms with E-state index in [4.69, 9.17) is 14.3 Å². The van der Waals surface area contributed by atoms with E-state index in [9.17, 15) is 4.79 Å². The molecule has 5 heteroatoms. The van der Waals surface area contributed by atoms with Crippen molar-refractivity contribution in [3.05, 3.63) is 23.8 Å². The van der Waals surface area contributed by atoms with Crippen LogP contribution >= 0.6 is 0 Å². The minimum atomic E-state index is -0.154. The summed E-state index contributed by atoms with van der Waals surface area (Å²) in [6, 6.07) is 5.33. The van der Waals surface area contributed by atoms with Crippen LogP contribution in [0.25, 0.3) is 0 Å². The van der Waals surface area contributed by atoms with Gasteiger partial charge in [-0.15, -0.1) is 0 Å². The minimum absolute atomic E-state index is 0.154. The Kier molecular flexibility index (Phi) is 4.78. The van der Waals surface area contributed by atoms with E-state index in [-0.39, 0.29) is 12.3 Å². The molecular formula is C12H17NO4. The van der Waals surface area contributed by atoms with Crippen LogP contribution in [0.3, 0.4) is 0 Å². The first-order valence-corrected chi connectivity index (χ1v) is 5.14. The second-order valence-electron chi connectivity index (χ2n) is 3.43. The Morgan fingerprint density at radius 3 is 2.47 bits per heavy atom. The molecule has 0 aliphatic heterocycles. The van der Waals surface area contributed by atoms with E-state index in [1.54, 1.807) is 39.5 Å². The number of methoxy groups -OCH3 is 2. The highest BCUT2D eigenvalue weighted by Crippen LogP contribution is 2.24. The van der Waals surface area contributed by atoms with Gasteiger partial charge in [-0.2, -0.15) is 0 Å². The Labute approximate surface area is 101 Å². The van der Waals surface area contributed by atoms with Crippen LogP contribution in [0, 0.1) is 0 Å². The monoisotopic (exact) mass is 239 g/mol. The summed E-state index contributed by atoms with van der Waals surface area (Å²) < 4.78 is 10.3. The van der Waals surface area contributed by atoms with Crippen LogP contribution in [0.5, 0.6) is 11.5 Å². The van der Waals surface area contributed by atoms with Gasteiger partial charge in [0, 0.05) is 12.6 Å². The van der Waals surface area contributed by atoms with Gasteiger partial charge in [0.2, 0.25) is 5.91 Å². The number of likely N-dealkylation sites (N-methyl/N-ethyl adjacent to an activating group) is 1. The molecule has 0 saturated carbocycles. The van der Waals surface area contributed by atoms with Crippen molar-refractivity contribution in [2.75, 3.05) is 28.4 Å². The van der Waals surface area contributed by atoms with Gasteiger partial charge in [0.1, 0.15) is 11.5 Å². The number of carbonyl (C=O) groups excluding carboxylic acids is 1. The maximum atomic E-state index is 11.7. The van der Waals surface area contributed by atoms with E-state index >= 15 is 0 Å². The van der Waals surface area contributed by atoms with Gasteiger partial charge in [0.15, 0.2) is 0 Å². The first kappa shape index (κ1) is 13.3. The van der Waals surface area contributed by atoms with E-state index in [2.05, 4.69) is 0 Å². The predicted octanol–water partition coefficient (Wildman–Crippen LogP) is 1.27. The number of carbonyl (C=O) groups is 1. The Balaban J connectivity index is 2.91. The molecule has 1 aromatic rings. The summed E-state index contributed by atoms with van der Waals surface area (Å²) in [5, 5.41) is 1.18. The first-order valence-electron chi connectivity index (χ1n) is 5.14. The van der Waals surface area contributed by atoms with Gasteiger partial charge >= 0.3 is 0 Å². The molecule has 0 fully saturated rings. The van der Waals surface area contributed by atoms with Crippen LogP contribution in [0.4, 0.5) is 0 Å². The average molecular weight is 239 g/mol. The van der Waals surface area contributed by atoms with Crippen molar-refractivity contribution in [2.45, 2.75) is 6.42 Å². The van der Waals surface area contributed by atoms with Crippen LogP contribution in [0.2, 0.25) is 0 Å². The molecule has 0 aliphatic rings. The molecule has 0 unspecified atom stereocenters. The lowest BCUT2D eigenvalue weighted by molar-refractivity contribution is -0.167. The summed E-state index contributed by atoms with van der Waals surface area (Å²) in [7, 11) is 6.15. The number of amides is 1. The van der Waals surface area contributed by atoms with Crippen molar-refractivity contribution in [2.24, 2.45) is 0 Å². The molecule has 0 aliphatic carbocycles. The Hall–Kier alpha value is -1.75. The zero-order valence-electron chi connectivity index (χ0n) is 10.5. The highest BCUT2D eigenvalue weighted by molar-refractivity contribution is 5.78. The van der Waals surface area contributed by atoms with Crippen molar-refractivity contribution in [3.8, 4) is 11.5 Å².